The van der Waals surface area contributed by atoms with Crippen molar-refractivity contribution in [3.8, 4) is 0 Å². The molecule has 0 aromatic carbocycles. The quantitative estimate of drug-likeness (QED) is 0.809. The molecule has 0 amide bonds. The SMILES string of the molecule is CCC1CCCC(O)(c2nccn2C)C1. The van der Waals surface area contributed by atoms with Crippen LogP contribution in [0, 0.1) is 5.92 Å². The van der Waals surface area contributed by atoms with Crippen molar-refractivity contribution in [2.45, 2.75) is 44.6 Å². The standard InChI is InChI=1S/C12H20N2O/c1-3-10-5-4-6-12(15,9-10)11-13-7-8-14(11)2/h7-8,10,15H,3-6,9H2,1-2H3. The Morgan fingerprint density at radius 2 is 2.47 bits per heavy atom. The lowest BCUT2D eigenvalue weighted by atomic mass is 9.76. The van der Waals surface area contributed by atoms with Gasteiger partial charge in [-0.2, -0.15) is 0 Å². The summed E-state index contributed by atoms with van der Waals surface area (Å²) in [5, 5.41) is 10.6. The number of aromatic nitrogens is 2. The fourth-order valence-corrected chi connectivity index (χ4v) is 2.73. The lowest BCUT2D eigenvalue weighted by Crippen LogP contribution is -2.35. The summed E-state index contributed by atoms with van der Waals surface area (Å²) in [6.45, 7) is 2.20. The third-order valence-electron chi connectivity index (χ3n) is 3.64. The zero-order valence-corrected chi connectivity index (χ0v) is 9.61. The topological polar surface area (TPSA) is 38.1 Å². The molecule has 1 aromatic heterocycles. The van der Waals surface area contributed by atoms with Gasteiger partial charge in [0.25, 0.3) is 0 Å². The van der Waals surface area contributed by atoms with E-state index in [1.807, 2.05) is 17.8 Å². The van der Waals surface area contributed by atoms with Crippen LogP contribution in [0.25, 0.3) is 0 Å². The summed E-state index contributed by atoms with van der Waals surface area (Å²) in [5.74, 6) is 1.49. The summed E-state index contributed by atoms with van der Waals surface area (Å²) in [6, 6.07) is 0. The Morgan fingerprint density at radius 3 is 3.07 bits per heavy atom. The van der Waals surface area contributed by atoms with Crippen LogP contribution in [0.4, 0.5) is 0 Å². The van der Waals surface area contributed by atoms with Crippen molar-refractivity contribution in [2.24, 2.45) is 13.0 Å². The Morgan fingerprint density at radius 1 is 1.67 bits per heavy atom. The van der Waals surface area contributed by atoms with Crippen molar-refractivity contribution < 1.29 is 5.11 Å². The molecule has 2 rings (SSSR count). The van der Waals surface area contributed by atoms with Gasteiger partial charge in [0.15, 0.2) is 0 Å². The Labute approximate surface area is 91.1 Å². The second-order valence-electron chi connectivity index (χ2n) is 4.76. The van der Waals surface area contributed by atoms with Crippen LogP contribution in [0.15, 0.2) is 12.4 Å². The zero-order valence-electron chi connectivity index (χ0n) is 9.61. The van der Waals surface area contributed by atoms with Crippen LogP contribution in [0.5, 0.6) is 0 Å². The third kappa shape index (κ3) is 1.93. The van der Waals surface area contributed by atoms with E-state index in [-0.39, 0.29) is 0 Å². The molecule has 1 saturated carbocycles. The van der Waals surface area contributed by atoms with E-state index in [2.05, 4.69) is 11.9 Å². The summed E-state index contributed by atoms with van der Waals surface area (Å²) in [7, 11) is 1.95. The van der Waals surface area contributed by atoms with Gasteiger partial charge in [0.05, 0.1) is 0 Å². The van der Waals surface area contributed by atoms with Crippen molar-refractivity contribution in [3.63, 3.8) is 0 Å². The molecule has 3 heteroatoms. The lowest BCUT2D eigenvalue weighted by molar-refractivity contribution is -0.0313. The van der Waals surface area contributed by atoms with Crippen molar-refractivity contribution in [1.29, 1.82) is 0 Å². The maximum absolute atomic E-state index is 10.6. The summed E-state index contributed by atoms with van der Waals surface area (Å²) in [5.41, 5.74) is -0.683. The smallest absolute Gasteiger partial charge is 0.140 e. The molecule has 84 valence electrons. The van der Waals surface area contributed by atoms with E-state index in [0.29, 0.717) is 5.92 Å². The van der Waals surface area contributed by atoms with Crippen molar-refractivity contribution in [2.75, 3.05) is 0 Å². The first kappa shape index (κ1) is 10.7. The normalized spacial score (nSPS) is 31.8. The predicted molar refractivity (Wildman–Crippen MR) is 59.4 cm³/mol. The molecule has 1 heterocycles. The summed E-state index contributed by atoms with van der Waals surface area (Å²) in [6.07, 6.45) is 8.92. The summed E-state index contributed by atoms with van der Waals surface area (Å²) >= 11 is 0. The Kier molecular flexibility index (Phi) is 2.83. The highest BCUT2D eigenvalue weighted by Gasteiger charge is 2.38. The average Bonchev–Trinajstić information content (AvgIpc) is 2.65. The average molecular weight is 208 g/mol. The minimum atomic E-state index is -0.683. The van der Waals surface area contributed by atoms with Gasteiger partial charge >= 0.3 is 0 Å². The molecule has 1 aromatic rings. The van der Waals surface area contributed by atoms with Gasteiger partial charge in [0.2, 0.25) is 0 Å². The van der Waals surface area contributed by atoms with E-state index < -0.39 is 5.60 Å². The van der Waals surface area contributed by atoms with Gasteiger partial charge in [-0.15, -0.1) is 0 Å². The molecule has 1 N–H and O–H groups in total. The second kappa shape index (κ2) is 3.97. The van der Waals surface area contributed by atoms with E-state index >= 15 is 0 Å². The van der Waals surface area contributed by atoms with Gasteiger partial charge in [0, 0.05) is 19.4 Å². The van der Waals surface area contributed by atoms with E-state index in [1.165, 1.54) is 6.42 Å². The van der Waals surface area contributed by atoms with Crippen LogP contribution in [0.1, 0.15) is 44.9 Å². The van der Waals surface area contributed by atoms with Crippen LogP contribution in [0.2, 0.25) is 0 Å². The molecular formula is C12H20N2O. The van der Waals surface area contributed by atoms with E-state index in [4.69, 9.17) is 0 Å². The molecule has 0 saturated heterocycles. The molecule has 2 atom stereocenters. The molecule has 1 fully saturated rings. The molecule has 1 aliphatic carbocycles. The molecule has 0 aliphatic heterocycles. The second-order valence-corrected chi connectivity index (χ2v) is 4.76. The molecule has 0 radical (unpaired) electrons. The maximum atomic E-state index is 10.6. The predicted octanol–water partition coefficient (Wildman–Crippen LogP) is 2.21. The fraction of sp³-hybridized carbons (Fsp3) is 0.750. The highest BCUT2D eigenvalue weighted by molar-refractivity contribution is 5.06. The van der Waals surface area contributed by atoms with Gasteiger partial charge in [-0.05, 0) is 25.2 Å². The van der Waals surface area contributed by atoms with Gasteiger partial charge in [-0.25, -0.2) is 4.98 Å². The number of aliphatic hydroxyl groups is 1. The number of imidazole rings is 1. The van der Waals surface area contributed by atoms with Crippen LogP contribution < -0.4 is 0 Å². The fourth-order valence-electron chi connectivity index (χ4n) is 2.73. The van der Waals surface area contributed by atoms with E-state index in [9.17, 15) is 5.11 Å². The van der Waals surface area contributed by atoms with Gasteiger partial charge in [0.1, 0.15) is 11.4 Å². The van der Waals surface area contributed by atoms with Crippen LogP contribution in [0.3, 0.4) is 0 Å². The van der Waals surface area contributed by atoms with E-state index in [0.717, 1.165) is 31.5 Å². The first-order valence-electron chi connectivity index (χ1n) is 5.86. The largest absolute Gasteiger partial charge is 0.382 e. The van der Waals surface area contributed by atoms with Gasteiger partial charge in [-0.3, -0.25) is 0 Å². The Balaban J connectivity index is 2.22. The molecule has 2 unspecified atom stereocenters. The number of hydrogen-bond acceptors (Lipinski definition) is 2. The van der Waals surface area contributed by atoms with Crippen molar-refractivity contribution in [1.82, 2.24) is 9.55 Å². The molecule has 0 spiro atoms. The highest BCUT2D eigenvalue weighted by atomic mass is 16.3. The maximum Gasteiger partial charge on any atom is 0.140 e. The van der Waals surface area contributed by atoms with Crippen LogP contribution in [-0.2, 0) is 12.6 Å². The first-order chi connectivity index (χ1) is 7.15. The molecule has 15 heavy (non-hydrogen) atoms. The van der Waals surface area contributed by atoms with Crippen molar-refractivity contribution >= 4 is 0 Å². The first-order valence-corrected chi connectivity index (χ1v) is 5.86. The van der Waals surface area contributed by atoms with Gasteiger partial charge < -0.3 is 9.67 Å². The summed E-state index contributed by atoms with van der Waals surface area (Å²) < 4.78 is 1.94. The highest BCUT2D eigenvalue weighted by Crippen LogP contribution is 2.40. The molecule has 0 bridgehead atoms. The van der Waals surface area contributed by atoms with Gasteiger partial charge in [-0.1, -0.05) is 19.8 Å². The Bertz CT molecular complexity index is 334. The number of nitrogens with zero attached hydrogens (tertiary/aromatic N) is 2. The van der Waals surface area contributed by atoms with E-state index in [1.54, 1.807) is 6.20 Å². The number of hydrogen-bond donors (Lipinski definition) is 1. The zero-order chi connectivity index (χ0) is 10.9. The lowest BCUT2D eigenvalue weighted by Gasteiger charge is -2.35. The monoisotopic (exact) mass is 208 g/mol. The number of rotatable bonds is 2. The molecule has 1 aliphatic rings. The molecular weight excluding hydrogens is 188 g/mol. The van der Waals surface area contributed by atoms with Crippen LogP contribution in [-0.4, -0.2) is 14.7 Å². The Hall–Kier alpha value is -0.830. The minimum absolute atomic E-state index is 0.653. The van der Waals surface area contributed by atoms with Crippen molar-refractivity contribution in [3.05, 3.63) is 18.2 Å². The number of aryl methyl sites for hydroxylation is 1. The minimum Gasteiger partial charge on any atom is -0.382 e. The van der Waals surface area contributed by atoms with Crippen LogP contribution >= 0.6 is 0 Å². The molecule has 3 nitrogen and oxygen atoms in total. The summed E-state index contributed by atoms with van der Waals surface area (Å²) in [4.78, 5) is 4.29. The third-order valence-corrected chi connectivity index (χ3v) is 3.64.